The van der Waals surface area contributed by atoms with Gasteiger partial charge in [-0.1, -0.05) is 0 Å². The number of aromatic nitrogens is 2. The molecule has 17 heavy (non-hydrogen) atoms. The number of anilines is 1. The van der Waals surface area contributed by atoms with E-state index in [1.54, 1.807) is 12.3 Å². The number of rotatable bonds is 2. The largest absolute Gasteiger partial charge is 0.368 e. The minimum Gasteiger partial charge on any atom is -0.368 e. The van der Waals surface area contributed by atoms with E-state index in [9.17, 15) is 4.79 Å². The van der Waals surface area contributed by atoms with Crippen LogP contribution in [0.5, 0.6) is 0 Å². The average Bonchev–Trinajstić information content (AvgIpc) is 2.33. The molecule has 0 spiro atoms. The van der Waals surface area contributed by atoms with Gasteiger partial charge in [0.15, 0.2) is 0 Å². The Kier molecular flexibility index (Phi) is 3.40. The van der Waals surface area contributed by atoms with Gasteiger partial charge in [0.1, 0.15) is 6.54 Å². The van der Waals surface area contributed by atoms with E-state index in [2.05, 4.69) is 21.9 Å². The van der Waals surface area contributed by atoms with Crippen LogP contribution in [-0.4, -0.2) is 47.9 Å². The molecule has 0 N–H and O–H groups in total. The number of hydrogen-bond acceptors (Lipinski definition) is 5. The molecule has 90 valence electrons. The first-order chi connectivity index (χ1) is 8.20. The van der Waals surface area contributed by atoms with Crippen molar-refractivity contribution in [2.45, 2.75) is 6.54 Å². The van der Waals surface area contributed by atoms with Crippen LogP contribution in [0.25, 0.3) is 0 Å². The molecule has 0 unspecified atom stereocenters. The maximum atomic E-state index is 11.6. The van der Waals surface area contributed by atoms with Crippen LogP contribution in [0, 0.1) is 11.3 Å². The first kappa shape index (κ1) is 11.6. The first-order valence-electron chi connectivity index (χ1n) is 5.58. The number of likely N-dealkylation sites (N-methyl/N-ethyl adjacent to an activating group) is 1. The fourth-order valence-electron chi connectivity index (χ4n) is 1.85. The molecule has 0 bridgehead atoms. The Morgan fingerprint density at radius 2 is 2.12 bits per heavy atom. The van der Waals surface area contributed by atoms with Crippen molar-refractivity contribution in [3.8, 4) is 6.07 Å². The monoisotopic (exact) mass is 233 g/mol. The van der Waals surface area contributed by atoms with Crippen molar-refractivity contribution in [1.29, 1.82) is 5.26 Å². The fraction of sp³-hybridized carbons (Fsp3) is 0.545. The molecule has 0 aliphatic carbocycles. The lowest BCUT2D eigenvalue weighted by atomic mass is 10.3. The number of nitrogens with zero attached hydrogens (tertiary/aromatic N) is 5. The lowest BCUT2D eigenvalue weighted by Gasteiger charge is -2.33. The normalized spacial score (nSPS) is 16.8. The Balaban J connectivity index is 2.15. The summed E-state index contributed by atoms with van der Waals surface area (Å²) in [6, 6.07) is 3.46. The van der Waals surface area contributed by atoms with E-state index in [0.717, 1.165) is 31.9 Å². The van der Waals surface area contributed by atoms with Crippen molar-refractivity contribution in [1.82, 2.24) is 14.7 Å². The third-order valence-electron chi connectivity index (χ3n) is 2.94. The van der Waals surface area contributed by atoms with Gasteiger partial charge in [0, 0.05) is 32.2 Å². The standard InChI is InChI=1S/C11H15N5O/c1-14-4-6-15(7-5-14)10-8-11(17)16(3-2-12)13-9-10/h8-9H,3-7H2,1H3. The molecule has 0 amide bonds. The van der Waals surface area contributed by atoms with Crippen molar-refractivity contribution in [3.63, 3.8) is 0 Å². The van der Waals surface area contributed by atoms with Gasteiger partial charge in [0.2, 0.25) is 0 Å². The van der Waals surface area contributed by atoms with E-state index in [1.807, 2.05) is 6.07 Å². The maximum Gasteiger partial charge on any atom is 0.269 e. The van der Waals surface area contributed by atoms with Crippen LogP contribution in [0.1, 0.15) is 0 Å². The number of piperazine rings is 1. The molecule has 1 fully saturated rings. The lowest BCUT2D eigenvalue weighted by Crippen LogP contribution is -2.45. The molecule has 1 aliphatic rings. The molecule has 2 heterocycles. The molecule has 0 atom stereocenters. The van der Waals surface area contributed by atoms with Gasteiger partial charge >= 0.3 is 0 Å². The fourth-order valence-corrected chi connectivity index (χ4v) is 1.85. The smallest absolute Gasteiger partial charge is 0.269 e. The Hall–Kier alpha value is -1.87. The third-order valence-corrected chi connectivity index (χ3v) is 2.94. The zero-order valence-corrected chi connectivity index (χ0v) is 9.83. The van der Waals surface area contributed by atoms with E-state index in [-0.39, 0.29) is 12.1 Å². The molecule has 0 saturated carbocycles. The van der Waals surface area contributed by atoms with Gasteiger partial charge in [0.25, 0.3) is 5.56 Å². The Bertz CT molecular complexity index is 481. The molecular weight excluding hydrogens is 218 g/mol. The average molecular weight is 233 g/mol. The van der Waals surface area contributed by atoms with Gasteiger partial charge < -0.3 is 9.80 Å². The van der Waals surface area contributed by atoms with Crippen LogP contribution in [0.4, 0.5) is 5.69 Å². The van der Waals surface area contributed by atoms with E-state index in [1.165, 1.54) is 4.68 Å². The number of hydrogen-bond donors (Lipinski definition) is 0. The van der Waals surface area contributed by atoms with Crippen molar-refractivity contribution < 1.29 is 0 Å². The Labute approximate surface area is 99.7 Å². The van der Waals surface area contributed by atoms with Gasteiger partial charge in [0.05, 0.1) is 18.0 Å². The molecule has 0 radical (unpaired) electrons. The predicted octanol–water partition coefficient (Wildman–Crippen LogP) is -0.481. The van der Waals surface area contributed by atoms with E-state index in [4.69, 9.17) is 5.26 Å². The second-order valence-electron chi connectivity index (χ2n) is 4.16. The van der Waals surface area contributed by atoms with Gasteiger partial charge in [-0.3, -0.25) is 4.79 Å². The maximum absolute atomic E-state index is 11.6. The molecule has 1 aliphatic heterocycles. The van der Waals surface area contributed by atoms with E-state index < -0.39 is 0 Å². The summed E-state index contributed by atoms with van der Waals surface area (Å²) in [5.74, 6) is 0. The van der Waals surface area contributed by atoms with Crippen LogP contribution in [-0.2, 0) is 6.54 Å². The lowest BCUT2D eigenvalue weighted by molar-refractivity contribution is 0.312. The topological polar surface area (TPSA) is 65.2 Å². The van der Waals surface area contributed by atoms with Crippen LogP contribution in [0.2, 0.25) is 0 Å². The first-order valence-corrected chi connectivity index (χ1v) is 5.58. The van der Waals surface area contributed by atoms with E-state index in [0.29, 0.717) is 0 Å². The summed E-state index contributed by atoms with van der Waals surface area (Å²) in [6.07, 6.45) is 1.66. The van der Waals surface area contributed by atoms with Gasteiger partial charge in [-0.15, -0.1) is 0 Å². The van der Waals surface area contributed by atoms with Gasteiger partial charge in [-0.25, -0.2) is 4.68 Å². The Morgan fingerprint density at radius 1 is 1.41 bits per heavy atom. The molecule has 2 rings (SSSR count). The zero-order chi connectivity index (χ0) is 12.3. The molecule has 1 aromatic heterocycles. The summed E-state index contributed by atoms with van der Waals surface area (Å²) in [5.41, 5.74) is 0.625. The molecule has 0 aromatic carbocycles. The van der Waals surface area contributed by atoms with Crippen LogP contribution in [0.3, 0.4) is 0 Å². The molecular formula is C11H15N5O. The zero-order valence-electron chi connectivity index (χ0n) is 9.83. The number of nitriles is 1. The molecule has 1 saturated heterocycles. The van der Waals surface area contributed by atoms with Crippen molar-refractivity contribution in [2.75, 3.05) is 38.1 Å². The summed E-state index contributed by atoms with van der Waals surface area (Å²) >= 11 is 0. The van der Waals surface area contributed by atoms with Crippen molar-refractivity contribution >= 4 is 5.69 Å². The van der Waals surface area contributed by atoms with Gasteiger partial charge in [-0.05, 0) is 7.05 Å². The molecule has 6 heteroatoms. The molecule has 1 aromatic rings. The van der Waals surface area contributed by atoms with Crippen molar-refractivity contribution in [2.24, 2.45) is 0 Å². The second kappa shape index (κ2) is 4.97. The van der Waals surface area contributed by atoms with E-state index >= 15 is 0 Å². The second-order valence-corrected chi connectivity index (χ2v) is 4.16. The highest BCUT2D eigenvalue weighted by molar-refractivity contribution is 5.43. The van der Waals surface area contributed by atoms with Crippen LogP contribution < -0.4 is 10.5 Å². The molecule has 6 nitrogen and oxygen atoms in total. The summed E-state index contributed by atoms with van der Waals surface area (Å²) < 4.78 is 1.17. The van der Waals surface area contributed by atoms with Gasteiger partial charge in [-0.2, -0.15) is 10.4 Å². The van der Waals surface area contributed by atoms with Crippen LogP contribution >= 0.6 is 0 Å². The highest BCUT2D eigenvalue weighted by Gasteiger charge is 2.15. The predicted molar refractivity (Wildman–Crippen MR) is 63.8 cm³/mol. The Morgan fingerprint density at radius 3 is 2.71 bits per heavy atom. The van der Waals surface area contributed by atoms with Crippen LogP contribution in [0.15, 0.2) is 17.1 Å². The van der Waals surface area contributed by atoms with Crippen molar-refractivity contribution in [3.05, 3.63) is 22.6 Å². The SMILES string of the molecule is CN1CCN(c2cnn(CC#N)c(=O)c2)CC1. The minimum atomic E-state index is -0.219. The summed E-state index contributed by atoms with van der Waals surface area (Å²) in [6.45, 7) is 3.78. The summed E-state index contributed by atoms with van der Waals surface area (Å²) in [5, 5.41) is 12.5. The summed E-state index contributed by atoms with van der Waals surface area (Å²) in [4.78, 5) is 16.0. The highest BCUT2D eigenvalue weighted by Crippen LogP contribution is 2.11. The highest BCUT2D eigenvalue weighted by atomic mass is 16.1. The quantitative estimate of drug-likeness (QED) is 0.690. The summed E-state index contributed by atoms with van der Waals surface area (Å²) in [7, 11) is 2.08. The minimum absolute atomic E-state index is 0.00184. The third kappa shape index (κ3) is 2.63.